The molecule has 0 N–H and O–H groups in total. The topological polar surface area (TPSA) is 48.5 Å². The SMILES string of the molecule is Cc1cn(-c2ncc(Sc3cn(C)c4cccc(C)c34)c(C)n2)cn1. The molecule has 6 heteroatoms. The van der Waals surface area contributed by atoms with Crippen LogP contribution in [0.4, 0.5) is 0 Å². The van der Waals surface area contributed by atoms with Gasteiger partial charge in [-0.05, 0) is 32.4 Å². The fourth-order valence-corrected chi connectivity index (χ4v) is 4.09. The Bertz CT molecular complexity index is 1080. The predicted molar refractivity (Wildman–Crippen MR) is 100 cm³/mol. The average molecular weight is 349 g/mol. The minimum absolute atomic E-state index is 0.650. The van der Waals surface area contributed by atoms with Crippen LogP contribution in [-0.4, -0.2) is 24.1 Å². The summed E-state index contributed by atoms with van der Waals surface area (Å²) in [6.45, 7) is 6.13. The third-order valence-electron chi connectivity index (χ3n) is 4.27. The first-order valence-electron chi connectivity index (χ1n) is 8.10. The van der Waals surface area contributed by atoms with Gasteiger partial charge in [-0.3, -0.25) is 4.57 Å². The van der Waals surface area contributed by atoms with Gasteiger partial charge in [-0.2, -0.15) is 0 Å². The van der Waals surface area contributed by atoms with Crippen molar-refractivity contribution in [3.8, 4) is 5.95 Å². The molecule has 0 saturated heterocycles. The highest BCUT2D eigenvalue weighted by atomic mass is 32.2. The van der Waals surface area contributed by atoms with E-state index in [1.54, 1.807) is 18.1 Å². The number of hydrogen-bond donors (Lipinski definition) is 0. The Balaban J connectivity index is 1.72. The van der Waals surface area contributed by atoms with Crippen LogP contribution in [0.5, 0.6) is 0 Å². The molecule has 0 aliphatic carbocycles. The molecule has 1 aromatic carbocycles. The van der Waals surface area contributed by atoms with Crippen LogP contribution in [-0.2, 0) is 7.05 Å². The first kappa shape index (κ1) is 15.9. The summed E-state index contributed by atoms with van der Waals surface area (Å²) < 4.78 is 4.02. The maximum absolute atomic E-state index is 4.65. The average Bonchev–Trinajstić information content (AvgIpc) is 3.15. The van der Waals surface area contributed by atoms with Gasteiger partial charge in [-0.15, -0.1) is 0 Å². The molecule has 0 fully saturated rings. The Hall–Kier alpha value is -2.60. The number of nitrogens with zero attached hydrogens (tertiary/aromatic N) is 5. The van der Waals surface area contributed by atoms with Gasteiger partial charge in [0.15, 0.2) is 0 Å². The van der Waals surface area contributed by atoms with Crippen LogP contribution in [0.25, 0.3) is 16.9 Å². The molecule has 4 aromatic rings. The lowest BCUT2D eigenvalue weighted by atomic mass is 10.1. The van der Waals surface area contributed by atoms with Crippen molar-refractivity contribution in [2.75, 3.05) is 0 Å². The van der Waals surface area contributed by atoms with Crippen LogP contribution >= 0.6 is 11.8 Å². The van der Waals surface area contributed by atoms with E-state index in [9.17, 15) is 0 Å². The van der Waals surface area contributed by atoms with E-state index in [1.807, 2.05) is 30.8 Å². The van der Waals surface area contributed by atoms with Crippen molar-refractivity contribution in [2.24, 2.45) is 7.05 Å². The zero-order chi connectivity index (χ0) is 17.6. The molecule has 25 heavy (non-hydrogen) atoms. The van der Waals surface area contributed by atoms with Gasteiger partial charge in [-0.1, -0.05) is 23.9 Å². The highest BCUT2D eigenvalue weighted by molar-refractivity contribution is 7.99. The van der Waals surface area contributed by atoms with Crippen LogP contribution < -0.4 is 0 Å². The summed E-state index contributed by atoms with van der Waals surface area (Å²) in [5, 5.41) is 1.30. The summed E-state index contributed by atoms with van der Waals surface area (Å²) in [5.41, 5.74) is 4.44. The molecule has 0 atom stereocenters. The quantitative estimate of drug-likeness (QED) is 0.555. The second-order valence-electron chi connectivity index (χ2n) is 6.22. The molecule has 0 aliphatic heterocycles. The molecule has 0 amide bonds. The Labute approximate surface area is 150 Å². The third-order valence-corrected chi connectivity index (χ3v) is 5.42. The Morgan fingerprint density at radius 3 is 2.56 bits per heavy atom. The summed E-state index contributed by atoms with van der Waals surface area (Å²) in [4.78, 5) is 15.7. The van der Waals surface area contributed by atoms with E-state index in [0.29, 0.717) is 5.95 Å². The zero-order valence-electron chi connectivity index (χ0n) is 14.7. The minimum atomic E-state index is 0.650. The van der Waals surface area contributed by atoms with Crippen molar-refractivity contribution in [3.05, 3.63) is 60.1 Å². The van der Waals surface area contributed by atoms with Crippen LogP contribution in [0.3, 0.4) is 0 Å². The highest BCUT2D eigenvalue weighted by Gasteiger charge is 2.13. The smallest absolute Gasteiger partial charge is 0.235 e. The number of aryl methyl sites for hydroxylation is 4. The Morgan fingerprint density at radius 2 is 1.84 bits per heavy atom. The number of rotatable bonds is 3. The normalized spacial score (nSPS) is 11.4. The summed E-state index contributed by atoms with van der Waals surface area (Å²) in [5.74, 6) is 0.650. The fraction of sp³-hybridized carbons (Fsp3) is 0.211. The number of benzene rings is 1. The van der Waals surface area contributed by atoms with Gasteiger partial charge < -0.3 is 4.57 Å². The van der Waals surface area contributed by atoms with Gasteiger partial charge >= 0.3 is 0 Å². The van der Waals surface area contributed by atoms with Gasteiger partial charge in [0, 0.05) is 41.4 Å². The Kier molecular flexibility index (Phi) is 3.84. The highest BCUT2D eigenvalue weighted by Crippen LogP contribution is 2.37. The van der Waals surface area contributed by atoms with E-state index in [-0.39, 0.29) is 0 Å². The standard InChI is InChI=1S/C19H19N5S/c1-12-6-5-7-15-18(12)17(10-23(15)4)25-16-8-20-19(22-14(16)3)24-9-13(2)21-11-24/h5-11H,1-4H3. The summed E-state index contributed by atoms with van der Waals surface area (Å²) in [7, 11) is 2.08. The molecule has 4 rings (SSSR count). The third kappa shape index (κ3) is 2.82. The van der Waals surface area contributed by atoms with Crippen molar-refractivity contribution in [1.82, 2.24) is 24.1 Å². The molecule has 0 unspecified atom stereocenters. The number of imidazole rings is 1. The summed E-state index contributed by atoms with van der Waals surface area (Å²) in [6, 6.07) is 6.41. The van der Waals surface area contributed by atoms with E-state index in [0.717, 1.165) is 16.3 Å². The van der Waals surface area contributed by atoms with Crippen molar-refractivity contribution in [2.45, 2.75) is 30.6 Å². The monoisotopic (exact) mass is 349 g/mol. The lowest BCUT2D eigenvalue weighted by molar-refractivity contribution is 0.885. The molecule has 0 radical (unpaired) electrons. The number of hydrogen-bond acceptors (Lipinski definition) is 4. The maximum atomic E-state index is 4.65. The summed E-state index contributed by atoms with van der Waals surface area (Å²) in [6.07, 6.45) is 7.74. The second-order valence-corrected chi connectivity index (χ2v) is 7.30. The Morgan fingerprint density at radius 1 is 1.00 bits per heavy atom. The minimum Gasteiger partial charge on any atom is -0.349 e. The lowest BCUT2D eigenvalue weighted by Gasteiger charge is -2.07. The van der Waals surface area contributed by atoms with Gasteiger partial charge in [0.05, 0.1) is 16.3 Å². The van der Waals surface area contributed by atoms with Crippen molar-refractivity contribution >= 4 is 22.7 Å². The molecular weight excluding hydrogens is 330 g/mol. The molecule has 3 aromatic heterocycles. The van der Waals surface area contributed by atoms with Gasteiger partial charge in [0.1, 0.15) is 6.33 Å². The van der Waals surface area contributed by atoms with Gasteiger partial charge in [-0.25, -0.2) is 15.0 Å². The number of fused-ring (bicyclic) bond motifs is 1. The van der Waals surface area contributed by atoms with Crippen LogP contribution in [0.15, 0.2) is 52.9 Å². The van der Waals surface area contributed by atoms with E-state index in [4.69, 9.17) is 0 Å². The van der Waals surface area contributed by atoms with Crippen LogP contribution in [0, 0.1) is 20.8 Å². The van der Waals surface area contributed by atoms with Crippen LogP contribution in [0.2, 0.25) is 0 Å². The summed E-state index contributed by atoms with van der Waals surface area (Å²) >= 11 is 1.72. The predicted octanol–water partition coefficient (Wildman–Crippen LogP) is 4.23. The second kappa shape index (κ2) is 6.04. The molecule has 3 heterocycles. The number of aromatic nitrogens is 5. The molecule has 0 aliphatic rings. The van der Waals surface area contributed by atoms with E-state index < -0.39 is 0 Å². The maximum Gasteiger partial charge on any atom is 0.235 e. The molecule has 0 saturated carbocycles. The van der Waals surface area contributed by atoms with Crippen molar-refractivity contribution in [1.29, 1.82) is 0 Å². The largest absolute Gasteiger partial charge is 0.349 e. The van der Waals surface area contributed by atoms with E-state index >= 15 is 0 Å². The first-order chi connectivity index (χ1) is 12.0. The zero-order valence-corrected chi connectivity index (χ0v) is 15.5. The van der Waals surface area contributed by atoms with Gasteiger partial charge in [0.25, 0.3) is 0 Å². The molecule has 5 nitrogen and oxygen atoms in total. The lowest BCUT2D eigenvalue weighted by Crippen LogP contribution is -2.00. The van der Waals surface area contributed by atoms with Gasteiger partial charge in [0.2, 0.25) is 5.95 Å². The van der Waals surface area contributed by atoms with Crippen LogP contribution in [0.1, 0.15) is 17.0 Å². The van der Waals surface area contributed by atoms with E-state index in [1.165, 1.54) is 21.4 Å². The molecular formula is C19H19N5S. The molecule has 0 spiro atoms. The molecule has 126 valence electrons. The first-order valence-corrected chi connectivity index (χ1v) is 8.91. The molecule has 0 bridgehead atoms. The van der Waals surface area contributed by atoms with Crippen molar-refractivity contribution in [3.63, 3.8) is 0 Å². The fourth-order valence-electron chi connectivity index (χ4n) is 2.97. The van der Waals surface area contributed by atoms with E-state index in [2.05, 4.69) is 57.9 Å². The van der Waals surface area contributed by atoms with Crippen molar-refractivity contribution < 1.29 is 0 Å².